The Bertz CT molecular complexity index is 439. The molecule has 1 aromatic carbocycles. The molecule has 0 amide bonds. The van der Waals surface area contributed by atoms with Crippen molar-refractivity contribution in [3.05, 3.63) is 24.3 Å². The summed E-state index contributed by atoms with van der Waals surface area (Å²) in [6, 6.07) is 6.63. The van der Waals surface area contributed by atoms with Gasteiger partial charge < -0.3 is 4.74 Å². The first-order chi connectivity index (χ1) is 7.01. The molecule has 0 aliphatic rings. The maximum atomic E-state index is 12.1. The minimum absolute atomic E-state index is 0.541. The number of halogens is 1. The summed E-state index contributed by atoms with van der Waals surface area (Å²) in [6.45, 7) is 0. The highest BCUT2D eigenvalue weighted by Gasteiger charge is 2.02. The zero-order valence-electron chi connectivity index (χ0n) is 8.05. The summed E-state index contributed by atoms with van der Waals surface area (Å²) in [5, 5.41) is 0. The van der Waals surface area contributed by atoms with Gasteiger partial charge in [-0.25, -0.2) is 0 Å². The van der Waals surface area contributed by atoms with Crippen molar-refractivity contribution < 1.29 is 17.0 Å². The number of methoxy groups -OCH3 is 1. The number of aliphatic imine (C=N–C) groups is 1. The minimum Gasteiger partial charge on any atom is -0.497 e. The number of ether oxygens (including phenoxy) is 1. The summed E-state index contributed by atoms with van der Waals surface area (Å²) in [7, 11) is -2.95. The topological polar surface area (TPSA) is 55.7 Å². The molecule has 0 spiro atoms. The van der Waals surface area contributed by atoms with E-state index in [1.807, 2.05) is 0 Å². The van der Waals surface area contributed by atoms with Crippen LogP contribution in [0.15, 0.2) is 29.3 Å². The molecule has 1 aromatic rings. The third kappa shape index (κ3) is 4.55. The van der Waals surface area contributed by atoms with E-state index in [-0.39, 0.29) is 0 Å². The smallest absolute Gasteiger partial charge is 0.307 e. The van der Waals surface area contributed by atoms with Crippen LogP contribution in [0.25, 0.3) is 0 Å². The van der Waals surface area contributed by atoms with Gasteiger partial charge >= 0.3 is 10.2 Å². The minimum atomic E-state index is -4.48. The van der Waals surface area contributed by atoms with Crippen LogP contribution in [-0.4, -0.2) is 27.5 Å². The van der Waals surface area contributed by atoms with E-state index in [0.29, 0.717) is 11.4 Å². The second-order valence-corrected chi connectivity index (χ2v) is 4.13. The summed E-state index contributed by atoms with van der Waals surface area (Å²) >= 11 is 0. The molecule has 4 nitrogen and oxygen atoms in total. The second kappa shape index (κ2) is 4.88. The Morgan fingerprint density at radius 2 is 2.00 bits per heavy atom. The maximum Gasteiger partial charge on any atom is 0.307 e. The molecule has 0 bridgehead atoms. The molecule has 0 radical (unpaired) electrons. The first kappa shape index (κ1) is 11.6. The average molecular weight is 231 g/mol. The molecule has 0 unspecified atom stereocenters. The Labute approximate surface area is 87.6 Å². The first-order valence-corrected chi connectivity index (χ1v) is 5.65. The van der Waals surface area contributed by atoms with Crippen LogP contribution >= 0.6 is 0 Å². The lowest BCUT2D eigenvalue weighted by molar-refractivity contribution is 0.415. The van der Waals surface area contributed by atoms with Crippen LogP contribution in [0.1, 0.15) is 0 Å². The SMILES string of the molecule is COc1ccc(N=CCS(=O)(=O)F)cc1. The first-order valence-electron chi connectivity index (χ1n) is 4.10. The highest BCUT2D eigenvalue weighted by molar-refractivity contribution is 7.87. The molecular weight excluding hydrogens is 221 g/mol. The van der Waals surface area contributed by atoms with Gasteiger partial charge in [-0.15, -0.1) is 3.89 Å². The Hall–Kier alpha value is -1.43. The lowest BCUT2D eigenvalue weighted by Crippen LogP contribution is -1.98. The van der Waals surface area contributed by atoms with E-state index in [9.17, 15) is 12.3 Å². The molecular formula is C9H10FNO3S. The molecule has 0 aliphatic heterocycles. The number of rotatable bonds is 4. The lowest BCUT2D eigenvalue weighted by atomic mass is 10.3. The normalized spacial score (nSPS) is 11.9. The summed E-state index contributed by atoms with van der Waals surface area (Å²) in [5.74, 6) is -0.0361. The fraction of sp³-hybridized carbons (Fsp3) is 0.222. The van der Waals surface area contributed by atoms with Crippen molar-refractivity contribution in [1.29, 1.82) is 0 Å². The molecule has 0 fully saturated rings. The Kier molecular flexibility index (Phi) is 3.79. The summed E-state index contributed by atoms with van der Waals surface area (Å²) in [4.78, 5) is 3.77. The van der Waals surface area contributed by atoms with E-state index in [1.165, 1.54) is 7.11 Å². The van der Waals surface area contributed by atoms with Gasteiger partial charge in [-0.05, 0) is 24.3 Å². The second-order valence-electron chi connectivity index (χ2n) is 2.72. The molecule has 1 rings (SSSR count). The monoisotopic (exact) mass is 231 g/mol. The number of hydrogen-bond donors (Lipinski definition) is 0. The fourth-order valence-electron chi connectivity index (χ4n) is 0.900. The van der Waals surface area contributed by atoms with Crippen LogP contribution in [0.2, 0.25) is 0 Å². The Morgan fingerprint density at radius 1 is 1.40 bits per heavy atom. The van der Waals surface area contributed by atoms with Crippen molar-refractivity contribution in [3.8, 4) is 5.75 Å². The van der Waals surface area contributed by atoms with Crippen molar-refractivity contribution in [3.63, 3.8) is 0 Å². The van der Waals surface area contributed by atoms with Crippen molar-refractivity contribution in [1.82, 2.24) is 0 Å². The number of hydrogen-bond acceptors (Lipinski definition) is 4. The van der Waals surface area contributed by atoms with E-state index in [1.54, 1.807) is 24.3 Å². The quantitative estimate of drug-likeness (QED) is 0.585. The largest absolute Gasteiger partial charge is 0.497 e. The van der Waals surface area contributed by atoms with Gasteiger partial charge in [0.25, 0.3) is 0 Å². The predicted octanol–water partition coefficient (Wildman–Crippen LogP) is 1.70. The Balaban J connectivity index is 2.65. The highest BCUT2D eigenvalue weighted by atomic mass is 32.3. The summed E-state index contributed by atoms with van der Waals surface area (Å²) < 4.78 is 37.3. The molecule has 0 N–H and O–H groups in total. The van der Waals surface area contributed by atoms with Crippen LogP contribution in [0.3, 0.4) is 0 Å². The van der Waals surface area contributed by atoms with E-state index in [0.717, 1.165) is 6.21 Å². The van der Waals surface area contributed by atoms with Crippen LogP contribution < -0.4 is 4.74 Å². The highest BCUT2D eigenvalue weighted by Crippen LogP contribution is 2.16. The van der Waals surface area contributed by atoms with Gasteiger partial charge in [-0.3, -0.25) is 4.99 Å². The number of benzene rings is 1. The maximum absolute atomic E-state index is 12.1. The van der Waals surface area contributed by atoms with E-state index in [4.69, 9.17) is 4.74 Å². The van der Waals surface area contributed by atoms with Crippen LogP contribution in [0, 0.1) is 0 Å². The lowest BCUT2D eigenvalue weighted by Gasteiger charge is -1.98. The molecule has 0 atom stereocenters. The van der Waals surface area contributed by atoms with Gasteiger partial charge in [-0.1, -0.05) is 0 Å². The van der Waals surface area contributed by atoms with Crippen LogP contribution in [0.4, 0.5) is 9.57 Å². The average Bonchev–Trinajstić information content (AvgIpc) is 2.17. The Morgan fingerprint density at radius 3 is 2.47 bits per heavy atom. The molecule has 0 aromatic heterocycles. The van der Waals surface area contributed by atoms with Gasteiger partial charge in [0.05, 0.1) is 12.8 Å². The molecule has 82 valence electrons. The van der Waals surface area contributed by atoms with E-state index >= 15 is 0 Å². The standard InChI is InChI=1S/C9H10FNO3S/c1-14-9-4-2-8(3-5-9)11-6-7-15(10,12)13/h2-6H,7H2,1H3. The van der Waals surface area contributed by atoms with Gasteiger partial charge in [0.1, 0.15) is 11.5 Å². The summed E-state index contributed by atoms with van der Waals surface area (Å²) in [6.07, 6.45) is 1.01. The van der Waals surface area contributed by atoms with Crippen LogP contribution in [0.5, 0.6) is 5.75 Å². The molecule has 0 heterocycles. The third-order valence-corrected chi connectivity index (χ3v) is 2.13. The van der Waals surface area contributed by atoms with Gasteiger partial charge in [0.15, 0.2) is 0 Å². The van der Waals surface area contributed by atoms with E-state index < -0.39 is 16.0 Å². The molecule has 15 heavy (non-hydrogen) atoms. The van der Waals surface area contributed by atoms with Crippen LogP contribution in [-0.2, 0) is 10.2 Å². The van der Waals surface area contributed by atoms with Crippen molar-refractivity contribution in [2.45, 2.75) is 0 Å². The van der Waals surface area contributed by atoms with Crippen molar-refractivity contribution >= 4 is 22.1 Å². The van der Waals surface area contributed by atoms with Crippen molar-refractivity contribution in [2.24, 2.45) is 4.99 Å². The summed E-state index contributed by atoms with van der Waals surface area (Å²) in [5.41, 5.74) is 0.541. The van der Waals surface area contributed by atoms with Gasteiger partial charge in [0, 0.05) is 6.21 Å². The van der Waals surface area contributed by atoms with Crippen molar-refractivity contribution in [2.75, 3.05) is 12.9 Å². The predicted molar refractivity (Wildman–Crippen MR) is 56.0 cm³/mol. The molecule has 0 saturated heterocycles. The number of nitrogens with zero attached hydrogens (tertiary/aromatic N) is 1. The molecule has 6 heteroatoms. The molecule has 0 saturated carbocycles. The zero-order valence-corrected chi connectivity index (χ0v) is 8.87. The van der Waals surface area contributed by atoms with Gasteiger partial charge in [-0.2, -0.15) is 8.42 Å². The zero-order chi connectivity index (χ0) is 11.3. The van der Waals surface area contributed by atoms with Gasteiger partial charge in [0.2, 0.25) is 0 Å². The van der Waals surface area contributed by atoms with E-state index in [2.05, 4.69) is 4.99 Å². The third-order valence-electron chi connectivity index (χ3n) is 1.59. The molecule has 0 aliphatic carbocycles. The fourth-order valence-corrected chi connectivity index (χ4v) is 1.15.